The summed E-state index contributed by atoms with van der Waals surface area (Å²) in [6, 6.07) is 9.67. The maximum absolute atomic E-state index is 13.3. The maximum Gasteiger partial charge on any atom is 0.433 e. The highest BCUT2D eigenvalue weighted by atomic mass is 19.4. The number of nitrogens with zero attached hydrogens (tertiary/aromatic N) is 3. The number of halogens is 7. The molecule has 1 aromatic carbocycles. The number of alkyl halides is 6. The second kappa shape index (κ2) is 8.45. The molecule has 11 heteroatoms. The molecule has 3 aromatic rings. The zero-order valence-electron chi connectivity index (χ0n) is 16.2. The van der Waals surface area contributed by atoms with Crippen molar-refractivity contribution in [3.05, 3.63) is 76.5 Å². The van der Waals surface area contributed by atoms with Gasteiger partial charge in [-0.25, -0.2) is 9.37 Å². The van der Waals surface area contributed by atoms with Gasteiger partial charge in [0, 0.05) is 11.3 Å². The van der Waals surface area contributed by atoms with Crippen LogP contribution in [0.4, 0.5) is 36.6 Å². The smallest absolute Gasteiger partial charge is 0.363 e. The molecule has 0 aliphatic rings. The highest BCUT2D eigenvalue weighted by Crippen LogP contribution is 2.38. The lowest BCUT2D eigenvalue weighted by Gasteiger charge is -2.17. The number of anilines is 1. The first kappa shape index (κ1) is 23.0. The third-order valence-electron chi connectivity index (χ3n) is 4.42. The van der Waals surface area contributed by atoms with Crippen LogP contribution in [0.2, 0.25) is 0 Å². The van der Waals surface area contributed by atoms with Crippen LogP contribution < -0.4 is 5.32 Å². The molecule has 0 unspecified atom stereocenters. The van der Waals surface area contributed by atoms with Gasteiger partial charge in [-0.2, -0.15) is 31.6 Å². The van der Waals surface area contributed by atoms with Gasteiger partial charge in [0.2, 0.25) is 0 Å². The first-order valence-corrected chi connectivity index (χ1v) is 8.96. The van der Waals surface area contributed by atoms with Gasteiger partial charge < -0.3 is 5.32 Å². The van der Waals surface area contributed by atoms with Crippen molar-refractivity contribution in [2.45, 2.75) is 25.8 Å². The van der Waals surface area contributed by atoms with Gasteiger partial charge in [-0.05, 0) is 36.8 Å². The van der Waals surface area contributed by atoms with Crippen LogP contribution in [-0.2, 0) is 18.9 Å². The van der Waals surface area contributed by atoms with Gasteiger partial charge >= 0.3 is 12.4 Å². The Morgan fingerprint density at radius 3 is 2.16 bits per heavy atom. The summed E-state index contributed by atoms with van der Waals surface area (Å²) in [6.45, 7) is 1.30. The molecule has 2 aromatic heterocycles. The lowest BCUT2D eigenvalue weighted by Crippen LogP contribution is -2.18. The number of hydrogen-bond donors (Lipinski definition) is 1. The third-order valence-corrected chi connectivity index (χ3v) is 4.42. The fourth-order valence-corrected chi connectivity index (χ4v) is 2.96. The predicted octanol–water partition coefficient (Wildman–Crippen LogP) is 6.11. The number of nitriles is 1. The molecule has 2 heterocycles. The predicted molar refractivity (Wildman–Crippen MR) is 101 cm³/mol. The summed E-state index contributed by atoms with van der Waals surface area (Å²) >= 11 is 0. The molecule has 0 saturated heterocycles. The van der Waals surface area contributed by atoms with Crippen molar-refractivity contribution in [1.82, 2.24) is 9.97 Å². The van der Waals surface area contributed by atoms with E-state index in [4.69, 9.17) is 0 Å². The topological polar surface area (TPSA) is 61.6 Å². The molecule has 32 heavy (non-hydrogen) atoms. The Bertz CT molecular complexity index is 1180. The van der Waals surface area contributed by atoms with Crippen molar-refractivity contribution in [1.29, 1.82) is 5.26 Å². The number of nitrogens with one attached hydrogen (secondary N) is 1. The average molecular weight is 454 g/mol. The molecule has 0 aliphatic heterocycles. The highest BCUT2D eigenvalue weighted by molar-refractivity contribution is 5.67. The Hall–Kier alpha value is -3.68. The van der Waals surface area contributed by atoms with E-state index in [0.717, 1.165) is 0 Å². The van der Waals surface area contributed by atoms with E-state index in [1.54, 1.807) is 19.1 Å². The molecule has 166 valence electrons. The first-order valence-electron chi connectivity index (χ1n) is 8.96. The van der Waals surface area contributed by atoms with Crippen LogP contribution in [0.1, 0.15) is 28.2 Å². The number of hydrogen-bond acceptors (Lipinski definition) is 4. The average Bonchev–Trinajstić information content (AvgIpc) is 2.71. The molecule has 0 bridgehead atoms. The monoisotopic (exact) mass is 454 g/mol. The van der Waals surface area contributed by atoms with Crippen LogP contribution in [0.25, 0.3) is 11.1 Å². The van der Waals surface area contributed by atoms with Gasteiger partial charge in [-0.3, -0.25) is 4.98 Å². The number of pyridine rings is 2. The SMILES string of the molecule is Cc1ccc(-c2ccc(F)cc2)c(CNc2nc(C(F)(F)F)cc(C(F)(F)F)c2C#N)n1. The van der Waals surface area contributed by atoms with Crippen LogP contribution in [0.3, 0.4) is 0 Å². The van der Waals surface area contributed by atoms with E-state index in [1.807, 2.05) is 0 Å². The van der Waals surface area contributed by atoms with E-state index in [1.165, 1.54) is 30.3 Å². The summed E-state index contributed by atoms with van der Waals surface area (Å²) in [5.41, 5.74) is -2.81. The quantitative estimate of drug-likeness (QED) is 0.483. The second-order valence-electron chi connectivity index (χ2n) is 6.69. The van der Waals surface area contributed by atoms with Gasteiger partial charge in [-0.1, -0.05) is 18.2 Å². The Morgan fingerprint density at radius 1 is 0.938 bits per heavy atom. The summed E-state index contributed by atoms with van der Waals surface area (Å²) in [5.74, 6) is -1.36. The van der Waals surface area contributed by atoms with Crippen LogP contribution >= 0.6 is 0 Å². The standard InChI is InChI=1S/C21H13F7N4/c1-11-2-7-14(12-3-5-13(22)6-4-12)17(31-11)10-30-19-15(9-29)16(20(23,24)25)8-18(32-19)21(26,27)28/h2-8H,10H2,1H3,(H,30,32). The summed E-state index contributed by atoms with van der Waals surface area (Å²) < 4.78 is 92.5. The zero-order chi connectivity index (χ0) is 23.7. The maximum atomic E-state index is 13.3. The summed E-state index contributed by atoms with van der Waals surface area (Å²) in [7, 11) is 0. The Balaban J connectivity index is 2.06. The molecule has 3 rings (SSSR count). The van der Waals surface area contributed by atoms with Crippen molar-refractivity contribution >= 4 is 5.82 Å². The van der Waals surface area contributed by atoms with Gasteiger partial charge in [0.1, 0.15) is 29.0 Å². The Labute approximate surface area is 177 Å². The van der Waals surface area contributed by atoms with E-state index < -0.39 is 40.8 Å². The lowest BCUT2D eigenvalue weighted by molar-refractivity contribution is -0.145. The van der Waals surface area contributed by atoms with Crippen LogP contribution in [0.5, 0.6) is 0 Å². The zero-order valence-corrected chi connectivity index (χ0v) is 16.2. The molecular formula is C21H13F7N4. The molecule has 0 spiro atoms. The summed E-state index contributed by atoms with van der Waals surface area (Å²) in [4.78, 5) is 7.48. The summed E-state index contributed by atoms with van der Waals surface area (Å²) in [5, 5.41) is 11.6. The largest absolute Gasteiger partial charge is 0.433 e. The number of benzene rings is 1. The molecule has 1 N–H and O–H groups in total. The van der Waals surface area contributed by atoms with Crippen molar-refractivity contribution in [2.75, 3.05) is 5.32 Å². The minimum absolute atomic E-state index is 0.196. The highest BCUT2D eigenvalue weighted by Gasteiger charge is 2.41. The minimum Gasteiger partial charge on any atom is -0.363 e. The molecule has 0 fully saturated rings. The molecule has 0 aliphatic carbocycles. The van der Waals surface area contributed by atoms with E-state index in [-0.39, 0.29) is 18.3 Å². The van der Waals surface area contributed by atoms with Crippen molar-refractivity contribution in [3.63, 3.8) is 0 Å². The lowest BCUT2D eigenvalue weighted by atomic mass is 10.0. The van der Waals surface area contributed by atoms with E-state index >= 15 is 0 Å². The third kappa shape index (κ3) is 4.96. The van der Waals surface area contributed by atoms with Gasteiger partial charge in [-0.15, -0.1) is 0 Å². The van der Waals surface area contributed by atoms with Gasteiger partial charge in [0.25, 0.3) is 0 Å². The van der Waals surface area contributed by atoms with Gasteiger partial charge in [0.15, 0.2) is 0 Å². The van der Waals surface area contributed by atoms with E-state index in [9.17, 15) is 36.0 Å². The van der Waals surface area contributed by atoms with Crippen LogP contribution in [0.15, 0.2) is 42.5 Å². The van der Waals surface area contributed by atoms with Crippen molar-refractivity contribution < 1.29 is 30.7 Å². The minimum atomic E-state index is -5.20. The van der Waals surface area contributed by atoms with E-state index in [0.29, 0.717) is 16.8 Å². The molecular weight excluding hydrogens is 441 g/mol. The molecule has 0 atom stereocenters. The van der Waals surface area contributed by atoms with Crippen LogP contribution in [0, 0.1) is 24.1 Å². The number of rotatable bonds is 4. The number of aromatic nitrogens is 2. The molecule has 0 amide bonds. The summed E-state index contributed by atoms with van der Waals surface area (Å²) in [6.07, 6.45) is -10.4. The Kier molecular flexibility index (Phi) is 6.07. The van der Waals surface area contributed by atoms with E-state index in [2.05, 4.69) is 15.3 Å². The van der Waals surface area contributed by atoms with Crippen molar-refractivity contribution in [2.24, 2.45) is 0 Å². The fourth-order valence-electron chi connectivity index (χ4n) is 2.96. The van der Waals surface area contributed by atoms with Gasteiger partial charge in [0.05, 0.1) is 17.8 Å². The Morgan fingerprint density at radius 2 is 1.59 bits per heavy atom. The molecule has 0 saturated carbocycles. The number of aryl methyl sites for hydroxylation is 1. The van der Waals surface area contributed by atoms with Crippen LogP contribution in [-0.4, -0.2) is 9.97 Å². The molecule has 4 nitrogen and oxygen atoms in total. The fraction of sp³-hybridized carbons (Fsp3) is 0.190. The normalized spacial score (nSPS) is 11.8. The first-order chi connectivity index (χ1) is 14.9. The van der Waals surface area contributed by atoms with Crippen molar-refractivity contribution in [3.8, 4) is 17.2 Å². The second-order valence-corrected chi connectivity index (χ2v) is 6.69. The molecule has 0 radical (unpaired) electrons.